The number of rotatable bonds is 6. The Balaban J connectivity index is 1.22. The van der Waals surface area contributed by atoms with Gasteiger partial charge in [0.2, 0.25) is 0 Å². The van der Waals surface area contributed by atoms with E-state index in [1.807, 2.05) is 65.6 Å². The molecule has 8 heteroatoms. The van der Waals surface area contributed by atoms with Gasteiger partial charge >= 0.3 is 5.97 Å². The number of hydrogen-bond donors (Lipinski definition) is 1. The van der Waals surface area contributed by atoms with Crippen LogP contribution >= 0.6 is 11.6 Å². The Morgan fingerprint density at radius 1 is 0.688 bits per heavy atom. The fourth-order valence-electron chi connectivity index (χ4n) is 7.43. The van der Waals surface area contributed by atoms with Crippen LogP contribution in [0.1, 0.15) is 71.7 Å². The van der Waals surface area contributed by atoms with E-state index in [9.17, 15) is 14.7 Å². The van der Waals surface area contributed by atoms with Crippen LogP contribution in [0.4, 0.5) is 0 Å². The standard InChI is InChI=1S/C40H35ClN4O3/c41-30-14-8-25(9-15-30)32-16-10-28(39(46)44-20-4-5-21-44)23-33(32)35-18-11-26-22-27(12-17-34(26)42-35)38-43-36-24-29(40(47)48)13-19-37(36)45(38)31-6-2-1-3-7-31/h8-19,22-24,31H,1-7,20-21H2,(H,47,48). The summed E-state index contributed by atoms with van der Waals surface area (Å²) in [6.45, 7) is 1.58. The van der Waals surface area contributed by atoms with Crippen molar-refractivity contribution in [3.05, 3.63) is 107 Å². The van der Waals surface area contributed by atoms with Crippen molar-refractivity contribution in [1.29, 1.82) is 0 Å². The van der Waals surface area contributed by atoms with Crippen LogP contribution < -0.4 is 0 Å². The minimum absolute atomic E-state index is 0.0539. The average Bonchev–Trinajstić information content (AvgIpc) is 3.80. The van der Waals surface area contributed by atoms with Crippen molar-refractivity contribution in [3.63, 3.8) is 0 Å². The molecule has 1 saturated heterocycles. The molecule has 1 N–H and O–H groups in total. The molecule has 1 aliphatic carbocycles. The fraction of sp³-hybridized carbons (Fsp3) is 0.250. The first kappa shape index (κ1) is 30.3. The number of pyridine rings is 1. The molecule has 2 aliphatic rings. The van der Waals surface area contributed by atoms with Gasteiger partial charge in [-0.2, -0.15) is 0 Å². The molecule has 4 aromatic carbocycles. The molecule has 0 atom stereocenters. The smallest absolute Gasteiger partial charge is 0.335 e. The lowest BCUT2D eigenvalue weighted by Crippen LogP contribution is -2.27. The number of carbonyl (C=O) groups excluding carboxylic acids is 1. The first-order chi connectivity index (χ1) is 23.4. The van der Waals surface area contributed by atoms with Gasteiger partial charge in [-0.05, 0) is 104 Å². The second kappa shape index (κ2) is 12.5. The van der Waals surface area contributed by atoms with Crippen LogP contribution in [-0.2, 0) is 0 Å². The van der Waals surface area contributed by atoms with Gasteiger partial charge in [-0.1, -0.05) is 55.1 Å². The van der Waals surface area contributed by atoms with Crippen LogP contribution in [0.15, 0.2) is 91.0 Å². The molecular weight excluding hydrogens is 620 g/mol. The summed E-state index contributed by atoms with van der Waals surface area (Å²) < 4.78 is 2.32. The van der Waals surface area contributed by atoms with E-state index in [1.54, 1.807) is 12.1 Å². The number of likely N-dealkylation sites (tertiary alicyclic amines) is 1. The molecule has 240 valence electrons. The summed E-state index contributed by atoms with van der Waals surface area (Å²) in [5, 5.41) is 11.3. The summed E-state index contributed by atoms with van der Waals surface area (Å²) in [5.74, 6) is -0.0508. The van der Waals surface area contributed by atoms with E-state index in [1.165, 1.54) is 19.3 Å². The number of carboxylic acid groups (broad SMARTS) is 1. The largest absolute Gasteiger partial charge is 0.478 e. The van der Waals surface area contributed by atoms with Crippen molar-refractivity contribution >= 4 is 45.4 Å². The highest BCUT2D eigenvalue weighted by Gasteiger charge is 2.24. The summed E-state index contributed by atoms with van der Waals surface area (Å²) in [4.78, 5) is 37.2. The molecule has 8 rings (SSSR count). The highest BCUT2D eigenvalue weighted by atomic mass is 35.5. The molecule has 0 bridgehead atoms. The van der Waals surface area contributed by atoms with Crippen molar-refractivity contribution < 1.29 is 14.7 Å². The lowest BCUT2D eigenvalue weighted by molar-refractivity contribution is 0.0696. The first-order valence-electron chi connectivity index (χ1n) is 16.8. The number of imidazole rings is 1. The number of carboxylic acids is 1. The maximum absolute atomic E-state index is 13.4. The second-order valence-electron chi connectivity index (χ2n) is 13.0. The molecular formula is C40H35ClN4O3. The third-order valence-corrected chi connectivity index (χ3v) is 10.2. The lowest BCUT2D eigenvalue weighted by Gasteiger charge is -2.25. The number of fused-ring (bicyclic) bond motifs is 2. The van der Waals surface area contributed by atoms with Crippen molar-refractivity contribution in [3.8, 4) is 33.8 Å². The summed E-state index contributed by atoms with van der Waals surface area (Å²) in [7, 11) is 0. The Bertz CT molecular complexity index is 2200. The number of aromatic nitrogens is 3. The number of halogens is 1. The molecule has 48 heavy (non-hydrogen) atoms. The molecule has 2 fully saturated rings. The average molecular weight is 655 g/mol. The van der Waals surface area contributed by atoms with E-state index in [0.29, 0.717) is 22.1 Å². The Hall–Kier alpha value is -5.01. The minimum Gasteiger partial charge on any atom is -0.478 e. The van der Waals surface area contributed by atoms with Gasteiger partial charge in [-0.3, -0.25) is 4.79 Å². The summed E-state index contributed by atoms with van der Waals surface area (Å²) in [6, 6.07) is 29.5. The predicted octanol–water partition coefficient (Wildman–Crippen LogP) is 9.68. The Morgan fingerprint density at radius 2 is 1.44 bits per heavy atom. The van der Waals surface area contributed by atoms with Gasteiger partial charge in [0, 0.05) is 46.2 Å². The fourth-order valence-corrected chi connectivity index (χ4v) is 7.56. The van der Waals surface area contributed by atoms with Crippen LogP contribution in [0.2, 0.25) is 5.02 Å². The zero-order valence-corrected chi connectivity index (χ0v) is 27.3. The quantitative estimate of drug-likeness (QED) is 0.193. The van der Waals surface area contributed by atoms with Crippen LogP contribution in [0.25, 0.3) is 55.7 Å². The third-order valence-electron chi connectivity index (χ3n) is 9.91. The van der Waals surface area contributed by atoms with Crippen LogP contribution in [0.5, 0.6) is 0 Å². The molecule has 6 aromatic rings. The molecule has 0 unspecified atom stereocenters. The lowest BCUT2D eigenvalue weighted by atomic mass is 9.94. The van der Waals surface area contributed by atoms with Gasteiger partial charge in [0.05, 0.1) is 27.8 Å². The highest BCUT2D eigenvalue weighted by molar-refractivity contribution is 6.30. The van der Waals surface area contributed by atoms with Gasteiger partial charge in [-0.25, -0.2) is 14.8 Å². The Kier molecular flexibility index (Phi) is 7.93. The first-order valence-corrected chi connectivity index (χ1v) is 17.2. The third kappa shape index (κ3) is 5.62. The maximum Gasteiger partial charge on any atom is 0.335 e. The van der Waals surface area contributed by atoms with Crippen LogP contribution in [0.3, 0.4) is 0 Å². The topological polar surface area (TPSA) is 88.3 Å². The van der Waals surface area contributed by atoms with E-state index < -0.39 is 5.97 Å². The maximum atomic E-state index is 13.4. The van der Waals surface area contributed by atoms with Crippen molar-refractivity contribution in [2.45, 2.75) is 51.0 Å². The number of amides is 1. The van der Waals surface area contributed by atoms with E-state index in [0.717, 1.165) is 89.0 Å². The molecule has 3 heterocycles. The summed E-state index contributed by atoms with van der Waals surface area (Å²) in [5.41, 5.74) is 8.02. The van der Waals surface area contributed by atoms with E-state index in [2.05, 4.69) is 22.8 Å². The van der Waals surface area contributed by atoms with E-state index in [4.69, 9.17) is 21.6 Å². The Morgan fingerprint density at radius 3 is 2.21 bits per heavy atom. The van der Waals surface area contributed by atoms with Crippen LogP contribution in [0, 0.1) is 0 Å². The molecule has 2 aromatic heterocycles. The van der Waals surface area contributed by atoms with Gasteiger partial charge in [0.25, 0.3) is 5.91 Å². The van der Waals surface area contributed by atoms with Gasteiger partial charge in [-0.15, -0.1) is 0 Å². The van der Waals surface area contributed by atoms with Crippen LogP contribution in [-0.4, -0.2) is 49.5 Å². The SMILES string of the molecule is O=C(O)c1ccc2c(c1)nc(-c1ccc3nc(-c4cc(C(=O)N5CCCC5)ccc4-c4ccc(Cl)cc4)ccc3c1)n2C1CCCCC1. The highest BCUT2D eigenvalue weighted by Crippen LogP contribution is 2.38. The van der Waals surface area contributed by atoms with Gasteiger partial charge < -0.3 is 14.6 Å². The summed E-state index contributed by atoms with van der Waals surface area (Å²) >= 11 is 6.22. The molecule has 0 spiro atoms. The van der Waals surface area contributed by atoms with Gasteiger partial charge in [0.15, 0.2) is 0 Å². The summed E-state index contributed by atoms with van der Waals surface area (Å²) in [6.07, 6.45) is 7.81. The monoisotopic (exact) mass is 654 g/mol. The van der Waals surface area contributed by atoms with E-state index in [-0.39, 0.29) is 11.5 Å². The van der Waals surface area contributed by atoms with Crippen molar-refractivity contribution in [2.75, 3.05) is 13.1 Å². The number of aromatic carboxylic acids is 1. The predicted molar refractivity (Wildman–Crippen MR) is 191 cm³/mol. The molecule has 0 radical (unpaired) electrons. The molecule has 1 amide bonds. The zero-order valence-electron chi connectivity index (χ0n) is 26.5. The minimum atomic E-state index is -0.955. The second-order valence-corrected chi connectivity index (χ2v) is 13.4. The Labute approximate surface area is 283 Å². The number of carbonyl (C=O) groups is 2. The molecule has 1 saturated carbocycles. The normalized spacial score (nSPS) is 15.4. The van der Waals surface area contributed by atoms with Crippen molar-refractivity contribution in [1.82, 2.24) is 19.4 Å². The zero-order chi connectivity index (χ0) is 32.8. The number of benzene rings is 4. The molecule has 1 aliphatic heterocycles. The van der Waals surface area contributed by atoms with E-state index >= 15 is 0 Å². The molecule has 7 nitrogen and oxygen atoms in total. The van der Waals surface area contributed by atoms with Crippen molar-refractivity contribution in [2.24, 2.45) is 0 Å². The number of nitrogens with zero attached hydrogens (tertiary/aromatic N) is 4. The number of hydrogen-bond acceptors (Lipinski definition) is 4. The van der Waals surface area contributed by atoms with Gasteiger partial charge in [0.1, 0.15) is 5.82 Å².